The topological polar surface area (TPSA) is 130 Å². The predicted molar refractivity (Wildman–Crippen MR) is 126 cm³/mol. The largest absolute Gasteiger partial charge is 0.368 e. The zero-order valence-corrected chi connectivity index (χ0v) is 19.6. The number of likely N-dealkylation sites (tertiary alicyclic amines) is 1. The van der Waals surface area contributed by atoms with Gasteiger partial charge < -0.3 is 30.7 Å². The van der Waals surface area contributed by atoms with E-state index in [-0.39, 0.29) is 19.0 Å². The van der Waals surface area contributed by atoms with Crippen LogP contribution in [0.5, 0.6) is 0 Å². The summed E-state index contributed by atoms with van der Waals surface area (Å²) in [5.41, 5.74) is 6.28. The fraction of sp³-hybridized carbons (Fsp3) is 0.364. The van der Waals surface area contributed by atoms with E-state index in [9.17, 15) is 19.2 Å². The molecule has 1 aromatic carbocycles. The van der Waals surface area contributed by atoms with E-state index in [4.69, 9.17) is 5.73 Å². The van der Waals surface area contributed by atoms with Crippen molar-refractivity contribution < 1.29 is 19.2 Å². The molecule has 1 fully saturated rings. The lowest BCUT2D eigenvalue weighted by atomic mass is 10.1. The third kappa shape index (κ3) is 5.67. The smallest absolute Gasteiger partial charge is 0.319 e. The number of amides is 5. The molecule has 2 atom stereocenters. The van der Waals surface area contributed by atoms with Crippen LogP contribution in [0, 0.1) is 0 Å². The molecule has 5 amide bonds. The minimum Gasteiger partial charge on any atom is -0.368 e. The number of carbonyl (C=O) groups is 4. The lowest BCUT2D eigenvalue weighted by molar-refractivity contribution is -0.137. The fourth-order valence-electron chi connectivity index (χ4n) is 3.88. The number of aromatic nitrogens is 1. The van der Waals surface area contributed by atoms with Crippen molar-refractivity contribution in [2.24, 2.45) is 12.8 Å². The Morgan fingerprint density at radius 3 is 2.61 bits per heavy atom. The Balaban J connectivity index is 1.80. The molecule has 3 rings (SSSR count). The Bertz CT molecular complexity index is 1060. The average Bonchev–Trinajstić information content (AvgIpc) is 3.38. The molecule has 1 aliphatic heterocycles. The molecule has 0 aliphatic carbocycles. The number of hydrogen-bond acceptors (Lipinski definition) is 5. The van der Waals surface area contributed by atoms with Gasteiger partial charge in [-0.05, 0) is 43.0 Å². The van der Waals surface area contributed by atoms with Crippen molar-refractivity contribution in [1.82, 2.24) is 19.7 Å². The van der Waals surface area contributed by atoms with Crippen LogP contribution in [-0.4, -0.2) is 76.6 Å². The number of nitrogens with one attached hydrogen (secondary N) is 2. The van der Waals surface area contributed by atoms with E-state index in [2.05, 4.69) is 10.6 Å². The highest BCUT2D eigenvalue weighted by atomic mass is 32.2. The van der Waals surface area contributed by atoms with Gasteiger partial charge in [0, 0.05) is 37.4 Å². The second-order valence-electron chi connectivity index (χ2n) is 7.83. The SMILES string of the molecule is CSc1cccc(NC(=O)NC2CCN(C(=O)c3cccn3C)C2C(=O)N(C)CC(N)=O)c1. The van der Waals surface area contributed by atoms with Crippen molar-refractivity contribution in [3.8, 4) is 0 Å². The minimum atomic E-state index is -0.972. The van der Waals surface area contributed by atoms with Gasteiger partial charge in [0.15, 0.2) is 0 Å². The summed E-state index contributed by atoms with van der Waals surface area (Å²) in [7, 11) is 3.19. The minimum absolute atomic E-state index is 0.276. The number of urea groups is 1. The normalized spacial score (nSPS) is 17.5. The van der Waals surface area contributed by atoms with Gasteiger partial charge in [0.2, 0.25) is 11.8 Å². The second kappa shape index (κ2) is 10.4. The highest BCUT2D eigenvalue weighted by molar-refractivity contribution is 7.98. The third-order valence-electron chi connectivity index (χ3n) is 5.49. The number of anilines is 1. The number of hydrogen-bond donors (Lipinski definition) is 3. The summed E-state index contributed by atoms with van der Waals surface area (Å²) in [4.78, 5) is 54.1. The van der Waals surface area contributed by atoms with Crippen LogP contribution in [0.3, 0.4) is 0 Å². The highest BCUT2D eigenvalue weighted by Gasteiger charge is 2.44. The van der Waals surface area contributed by atoms with Gasteiger partial charge in [-0.25, -0.2) is 4.79 Å². The van der Waals surface area contributed by atoms with Crippen LogP contribution in [0.15, 0.2) is 47.5 Å². The van der Waals surface area contributed by atoms with E-state index >= 15 is 0 Å². The van der Waals surface area contributed by atoms with Gasteiger partial charge in [-0.15, -0.1) is 11.8 Å². The number of rotatable bonds is 7. The summed E-state index contributed by atoms with van der Waals surface area (Å²) in [6, 6.07) is 8.69. The standard InChI is InChI=1S/C22H28N6O4S/c1-26-10-5-8-17(26)20(30)28-11-9-16(19(28)21(31)27(2)13-18(23)29)25-22(32)24-14-6-4-7-15(12-14)33-3/h4-8,10,12,16,19H,9,11,13H2,1-3H3,(H2,23,29)(H2,24,25,32). The van der Waals surface area contributed by atoms with E-state index in [1.165, 1.54) is 16.8 Å². The molecule has 1 aliphatic rings. The van der Waals surface area contributed by atoms with Crippen molar-refractivity contribution in [3.05, 3.63) is 48.3 Å². The lowest BCUT2D eigenvalue weighted by Crippen LogP contribution is -2.56. The molecule has 0 bridgehead atoms. The Kier molecular flexibility index (Phi) is 7.64. The summed E-state index contributed by atoms with van der Waals surface area (Å²) < 4.78 is 1.67. The first-order valence-corrected chi connectivity index (χ1v) is 11.6. The fourth-order valence-corrected chi connectivity index (χ4v) is 4.34. The molecule has 11 heteroatoms. The lowest BCUT2D eigenvalue weighted by Gasteiger charge is -2.31. The van der Waals surface area contributed by atoms with Crippen LogP contribution in [0.1, 0.15) is 16.9 Å². The van der Waals surface area contributed by atoms with Gasteiger partial charge in [0.1, 0.15) is 11.7 Å². The molecule has 2 aromatic rings. The van der Waals surface area contributed by atoms with Crippen molar-refractivity contribution in [3.63, 3.8) is 0 Å². The molecule has 4 N–H and O–H groups in total. The molecular formula is C22H28N6O4S. The first kappa shape index (κ1) is 24.2. The van der Waals surface area contributed by atoms with Crippen LogP contribution in [0.25, 0.3) is 0 Å². The maximum atomic E-state index is 13.2. The van der Waals surface area contributed by atoms with Crippen LogP contribution < -0.4 is 16.4 Å². The van der Waals surface area contributed by atoms with Gasteiger partial charge in [-0.1, -0.05) is 6.07 Å². The Hall–Kier alpha value is -3.47. The average molecular weight is 473 g/mol. The summed E-state index contributed by atoms with van der Waals surface area (Å²) in [6.45, 7) is -0.0142. The Labute approximate surface area is 196 Å². The molecule has 176 valence electrons. The number of thioether (sulfide) groups is 1. The van der Waals surface area contributed by atoms with Gasteiger partial charge in [0.05, 0.1) is 12.6 Å². The van der Waals surface area contributed by atoms with Gasteiger partial charge in [0.25, 0.3) is 5.91 Å². The monoisotopic (exact) mass is 472 g/mol. The quantitative estimate of drug-likeness (QED) is 0.520. The zero-order chi connectivity index (χ0) is 24.1. The number of nitrogens with zero attached hydrogens (tertiary/aromatic N) is 3. The highest BCUT2D eigenvalue weighted by Crippen LogP contribution is 2.24. The van der Waals surface area contributed by atoms with Crippen LogP contribution >= 0.6 is 11.8 Å². The predicted octanol–water partition coefficient (Wildman–Crippen LogP) is 1.10. The number of aryl methyl sites for hydroxylation is 1. The molecule has 10 nitrogen and oxygen atoms in total. The molecule has 1 saturated heterocycles. The first-order chi connectivity index (χ1) is 15.7. The van der Waals surface area contributed by atoms with E-state index in [1.54, 1.807) is 47.8 Å². The van der Waals surface area contributed by atoms with Crippen LogP contribution in [0.4, 0.5) is 10.5 Å². The maximum Gasteiger partial charge on any atom is 0.319 e. The third-order valence-corrected chi connectivity index (χ3v) is 6.21. The summed E-state index contributed by atoms with van der Waals surface area (Å²) in [5, 5.41) is 5.60. The number of likely N-dealkylation sites (N-methyl/N-ethyl adjacent to an activating group) is 1. The van der Waals surface area contributed by atoms with Gasteiger partial charge in [-0.2, -0.15) is 0 Å². The van der Waals surface area contributed by atoms with Crippen molar-refractivity contribution in [2.75, 3.05) is 31.7 Å². The molecule has 2 heterocycles. The Morgan fingerprint density at radius 2 is 1.97 bits per heavy atom. The maximum absolute atomic E-state index is 13.2. The van der Waals surface area contributed by atoms with Crippen LogP contribution in [-0.2, 0) is 16.6 Å². The summed E-state index contributed by atoms with van der Waals surface area (Å²) in [5.74, 6) is -1.46. The van der Waals surface area contributed by atoms with Crippen molar-refractivity contribution in [2.45, 2.75) is 23.4 Å². The molecular weight excluding hydrogens is 444 g/mol. The van der Waals surface area contributed by atoms with Crippen LogP contribution in [0.2, 0.25) is 0 Å². The molecule has 0 spiro atoms. The molecule has 1 aromatic heterocycles. The molecule has 2 unspecified atom stereocenters. The first-order valence-electron chi connectivity index (χ1n) is 10.4. The Morgan fingerprint density at radius 1 is 1.21 bits per heavy atom. The molecule has 0 saturated carbocycles. The zero-order valence-electron chi connectivity index (χ0n) is 18.8. The summed E-state index contributed by atoms with van der Waals surface area (Å²) >= 11 is 1.55. The number of carbonyl (C=O) groups excluding carboxylic acids is 4. The van der Waals surface area contributed by atoms with E-state index in [0.29, 0.717) is 17.8 Å². The van der Waals surface area contributed by atoms with E-state index < -0.39 is 29.9 Å². The summed E-state index contributed by atoms with van der Waals surface area (Å²) in [6.07, 6.45) is 4.06. The molecule has 0 radical (unpaired) electrons. The number of primary amides is 1. The van der Waals surface area contributed by atoms with Crippen molar-refractivity contribution >= 4 is 41.2 Å². The van der Waals surface area contributed by atoms with Crippen molar-refractivity contribution in [1.29, 1.82) is 0 Å². The van der Waals surface area contributed by atoms with E-state index in [1.807, 2.05) is 24.5 Å². The second-order valence-corrected chi connectivity index (χ2v) is 8.71. The van der Waals surface area contributed by atoms with Gasteiger partial charge in [-0.3, -0.25) is 14.4 Å². The number of benzene rings is 1. The number of nitrogens with two attached hydrogens (primary N) is 1. The van der Waals surface area contributed by atoms with E-state index in [0.717, 1.165) is 4.90 Å². The van der Waals surface area contributed by atoms with Gasteiger partial charge >= 0.3 is 6.03 Å². The molecule has 33 heavy (non-hydrogen) atoms.